The zero-order valence-electron chi connectivity index (χ0n) is 8.92. The Morgan fingerprint density at radius 1 is 1.06 bits per heavy atom. The molecule has 0 radical (unpaired) electrons. The third-order valence-corrected chi connectivity index (χ3v) is 3.73. The Morgan fingerprint density at radius 3 is 2.39 bits per heavy atom. The molecule has 7 nitrogen and oxygen atoms in total. The van der Waals surface area contributed by atoms with Crippen LogP contribution < -0.4 is 0 Å². The van der Waals surface area contributed by atoms with Gasteiger partial charge in [0.15, 0.2) is 5.03 Å². The fraction of sp³-hybridized carbons (Fsp3) is 0. The second kappa shape index (κ2) is 4.49. The highest BCUT2D eigenvalue weighted by atomic mass is 32.2. The highest BCUT2D eigenvalue weighted by Crippen LogP contribution is 2.25. The molecule has 0 aliphatic heterocycles. The van der Waals surface area contributed by atoms with Crippen LogP contribution in [0.15, 0.2) is 52.8 Å². The summed E-state index contributed by atoms with van der Waals surface area (Å²) in [5.41, 5.74) is -0.567. The van der Waals surface area contributed by atoms with Crippen LogP contribution in [0.3, 0.4) is 0 Å². The average molecular weight is 265 g/mol. The van der Waals surface area contributed by atoms with Crippen molar-refractivity contribution >= 4 is 15.5 Å². The highest BCUT2D eigenvalue weighted by Gasteiger charge is 2.29. The van der Waals surface area contributed by atoms with Gasteiger partial charge in [-0.1, -0.05) is 6.07 Å². The van der Waals surface area contributed by atoms with Crippen molar-refractivity contribution in [2.75, 3.05) is 0 Å². The van der Waals surface area contributed by atoms with Gasteiger partial charge >= 0.3 is 5.69 Å². The summed E-state index contributed by atoms with van der Waals surface area (Å²) in [7, 11) is -4.08. The Balaban J connectivity index is 2.66. The van der Waals surface area contributed by atoms with Crippen molar-refractivity contribution < 1.29 is 13.3 Å². The van der Waals surface area contributed by atoms with Crippen molar-refractivity contribution in [3.63, 3.8) is 0 Å². The maximum Gasteiger partial charge on any atom is 0.307 e. The van der Waals surface area contributed by atoms with Crippen molar-refractivity contribution in [3.8, 4) is 0 Å². The Bertz CT molecular complexity index is 685. The third kappa shape index (κ3) is 2.05. The third-order valence-electron chi connectivity index (χ3n) is 2.12. The van der Waals surface area contributed by atoms with E-state index in [1.54, 1.807) is 6.07 Å². The van der Waals surface area contributed by atoms with Gasteiger partial charge in [0.2, 0.25) is 14.9 Å². The normalized spacial score (nSPS) is 11.1. The van der Waals surface area contributed by atoms with Gasteiger partial charge in [-0.25, -0.2) is 18.4 Å². The van der Waals surface area contributed by atoms with E-state index in [0.717, 1.165) is 6.07 Å². The van der Waals surface area contributed by atoms with Gasteiger partial charge in [-0.2, -0.15) is 0 Å². The minimum absolute atomic E-state index is 0.271. The number of hydrogen-bond acceptors (Lipinski definition) is 6. The first-order valence-corrected chi connectivity index (χ1v) is 6.27. The zero-order chi connectivity index (χ0) is 13.2. The van der Waals surface area contributed by atoms with E-state index >= 15 is 0 Å². The van der Waals surface area contributed by atoms with E-state index in [4.69, 9.17) is 0 Å². The molecular formula is C10H7N3O4S. The number of sulfone groups is 1. The summed E-state index contributed by atoms with van der Waals surface area (Å²) in [6.45, 7) is 0. The minimum atomic E-state index is -4.08. The molecule has 0 aliphatic carbocycles. The van der Waals surface area contributed by atoms with E-state index in [1.807, 2.05) is 0 Å². The molecule has 92 valence electrons. The quantitative estimate of drug-likeness (QED) is 0.610. The molecule has 0 N–H and O–H groups in total. The molecule has 0 unspecified atom stereocenters. The monoisotopic (exact) mass is 265 g/mol. The molecule has 2 rings (SSSR count). The van der Waals surface area contributed by atoms with Crippen LogP contribution in [0.1, 0.15) is 0 Å². The van der Waals surface area contributed by atoms with Gasteiger partial charge in [-0.3, -0.25) is 10.1 Å². The lowest BCUT2D eigenvalue weighted by Crippen LogP contribution is -2.09. The summed E-state index contributed by atoms with van der Waals surface area (Å²) < 4.78 is 24.3. The van der Waals surface area contributed by atoms with E-state index in [2.05, 4.69) is 9.97 Å². The maximum atomic E-state index is 12.1. The lowest BCUT2D eigenvalue weighted by atomic mass is 10.4. The highest BCUT2D eigenvalue weighted by molar-refractivity contribution is 7.91. The fourth-order valence-electron chi connectivity index (χ4n) is 1.33. The molecule has 0 bridgehead atoms. The predicted octanol–water partition coefficient (Wildman–Crippen LogP) is 1.22. The Hall–Kier alpha value is -2.35. The molecule has 0 aliphatic rings. The summed E-state index contributed by atoms with van der Waals surface area (Å²) in [6.07, 6.45) is 2.48. The molecule has 2 aromatic heterocycles. The second-order valence-corrected chi connectivity index (χ2v) is 5.07. The van der Waals surface area contributed by atoms with Crippen LogP contribution in [0, 0.1) is 10.1 Å². The minimum Gasteiger partial charge on any atom is -0.258 e. The van der Waals surface area contributed by atoms with E-state index < -0.39 is 25.5 Å². The van der Waals surface area contributed by atoms with Gasteiger partial charge in [0.25, 0.3) is 0 Å². The van der Waals surface area contributed by atoms with Crippen LogP contribution in [-0.2, 0) is 9.84 Å². The molecular weight excluding hydrogens is 258 g/mol. The van der Waals surface area contributed by atoms with Gasteiger partial charge < -0.3 is 0 Å². The Morgan fingerprint density at radius 2 is 1.78 bits per heavy atom. The van der Waals surface area contributed by atoms with E-state index in [0.29, 0.717) is 0 Å². The molecule has 2 aromatic rings. The SMILES string of the molecule is O=[N+]([O-])c1cccnc1S(=O)(=O)c1ccccn1. The van der Waals surface area contributed by atoms with E-state index in [1.165, 1.54) is 30.6 Å². The van der Waals surface area contributed by atoms with E-state index in [9.17, 15) is 18.5 Å². The lowest BCUT2D eigenvalue weighted by Gasteiger charge is -2.02. The van der Waals surface area contributed by atoms with Crippen molar-refractivity contribution in [1.82, 2.24) is 9.97 Å². The topological polar surface area (TPSA) is 103 Å². The van der Waals surface area contributed by atoms with Crippen LogP contribution in [0.5, 0.6) is 0 Å². The molecule has 8 heteroatoms. The molecule has 0 atom stereocenters. The molecule has 0 amide bonds. The van der Waals surface area contributed by atoms with Gasteiger partial charge in [0.1, 0.15) is 0 Å². The zero-order valence-corrected chi connectivity index (χ0v) is 9.74. The summed E-state index contributed by atoms with van der Waals surface area (Å²) in [6, 6.07) is 6.67. The standard InChI is InChI=1S/C10H7N3O4S/c14-13(15)8-4-3-7-12-10(8)18(16,17)9-5-1-2-6-11-9/h1-7H. The fourth-order valence-corrected chi connectivity index (χ4v) is 2.61. The smallest absolute Gasteiger partial charge is 0.258 e. The molecule has 0 saturated heterocycles. The Labute approximate surface area is 102 Å². The maximum absolute atomic E-state index is 12.1. The number of nitrogens with zero attached hydrogens (tertiary/aromatic N) is 3. The Kier molecular flexibility index (Phi) is 3.02. The van der Waals surface area contributed by atoms with Crippen LogP contribution in [0.2, 0.25) is 0 Å². The van der Waals surface area contributed by atoms with Crippen LogP contribution in [0.25, 0.3) is 0 Å². The van der Waals surface area contributed by atoms with Gasteiger partial charge in [-0.05, 0) is 18.2 Å². The number of rotatable bonds is 3. The molecule has 0 spiro atoms. The second-order valence-electron chi connectivity index (χ2n) is 3.26. The summed E-state index contributed by atoms with van der Waals surface area (Å²) in [4.78, 5) is 17.2. The molecule has 0 aromatic carbocycles. The first kappa shape index (κ1) is 12.1. The van der Waals surface area contributed by atoms with Gasteiger partial charge in [0.05, 0.1) is 4.92 Å². The molecule has 2 heterocycles. The van der Waals surface area contributed by atoms with Gasteiger partial charge in [0, 0.05) is 18.5 Å². The van der Waals surface area contributed by atoms with Crippen LogP contribution in [0.4, 0.5) is 5.69 Å². The predicted molar refractivity (Wildman–Crippen MR) is 60.6 cm³/mol. The first-order valence-electron chi connectivity index (χ1n) is 4.79. The lowest BCUT2D eigenvalue weighted by molar-refractivity contribution is -0.388. The average Bonchev–Trinajstić information content (AvgIpc) is 2.39. The number of aromatic nitrogens is 2. The van der Waals surface area contributed by atoms with Crippen molar-refractivity contribution in [2.45, 2.75) is 10.1 Å². The number of hydrogen-bond donors (Lipinski definition) is 0. The summed E-state index contributed by atoms with van der Waals surface area (Å²) in [5, 5.41) is 9.91. The van der Waals surface area contributed by atoms with Crippen molar-refractivity contribution in [3.05, 3.63) is 52.8 Å². The van der Waals surface area contributed by atoms with Crippen LogP contribution in [-0.4, -0.2) is 23.3 Å². The van der Waals surface area contributed by atoms with Crippen molar-refractivity contribution in [2.24, 2.45) is 0 Å². The number of pyridine rings is 2. The van der Waals surface area contributed by atoms with Crippen molar-refractivity contribution in [1.29, 1.82) is 0 Å². The summed E-state index contributed by atoms with van der Waals surface area (Å²) >= 11 is 0. The van der Waals surface area contributed by atoms with E-state index in [-0.39, 0.29) is 5.03 Å². The summed E-state index contributed by atoms with van der Waals surface area (Å²) in [5.74, 6) is 0. The largest absolute Gasteiger partial charge is 0.307 e. The first-order chi connectivity index (χ1) is 8.53. The van der Waals surface area contributed by atoms with Crippen LogP contribution >= 0.6 is 0 Å². The molecule has 0 saturated carbocycles. The van der Waals surface area contributed by atoms with Gasteiger partial charge in [-0.15, -0.1) is 0 Å². The molecule has 18 heavy (non-hydrogen) atoms. The number of nitro groups is 1. The molecule has 0 fully saturated rings.